The van der Waals surface area contributed by atoms with Crippen molar-refractivity contribution in [1.29, 1.82) is 5.26 Å². The van der Waals surface area contributed by atoms with Crippen molar-refractivity contribution in [2.24, 2.45) is 5.92 Å². The Bertz CT molecular complexity index is 877. The van der Waals surface area contributed by atoms with Crippen LogP contribution in [-0.4, -0.2) is 28.2 Å². The summed E-state index contributed by atoms with van der Waals surface area (Å²) in [6, 6.07) is 8.73. The Morgan fingerprint density at radius 1 is 1.28 bits per heavy atom. The molecular weight excluding hydrogens is 336 g/mol. The Labute approximate surface area is 149 Å². The molecular formula is C18H16N4O2S. The van der Waals surface area contributed by atoms with Gasteiger partial charge in [-0.05, 0) is 37.1 Å². The third kappa shape index (κ3) is 3.26. The summed E-state index contributed by atoms with van der Waals surface area (Å²) < 4.78 is 0. The second kappa shape index (κ2) is 6.30. The highest BCUT2D eigenvalue weighted by molar-refractivity contribution is 7.15. The second-order valence-corrected chi connectivity index (χ2v) is 7.40. The standard InChI is InChI=1S/C18H16N4O2S/c19-9-11-1-3-13(4-2-11)17(24)22-8-7-14-15(10-22)25-18(20-14)21-16(23)12-5-6-12/h1-4,12H,5-8,10H2,(H,20,21,23). The number of carbonyl (C=O) groups is 2. The Morgan fingerprint density at radius 2 is 2.04 bits per heavy atom. The third-order valence-electron chi connectivity index (χ3n) is 4.46. The molecule has 0 saturated heterocycles. The van der Waals surface area contributed by atoms with Crippen LogP contribution in [0.1, 0.15) is 39.3 Å². The molecule has 0 atom stereocenters. The van der Waals surface area contributed by atoms with Gasteiger partial charge in [0.15, 0.2) is 5.13 Å². The highest BCUT2D eigenvalue weighted by Gasteiger charge is 2.31. The number of amides is 2. The number of benzene rings is 1. The molecule has 2 aromatic rings. The minimum atomic E-state index is -0.0490. The fourth-order valence-electron chi connectivity index (χ4n) is 2.85. The van der Waals surface area contributed by atoms with Gasteiger partial charge in [-0.25, -0.2) is 4.98 Å². The number of rotatable bonds is 3. The van der Waals surface area contributed by atoms with E-state index in [1.807, 2.05) is 0 Å². The van der Waals surface area contributed by atoms with Crippen molar-refractivity contribution in [3.8, 4) is 6.07 Å². The lowest BCUT2D eigenvalue weighted by molar-refractivity contribution is -0.117. The first kappa shape index (κ1) is 15.8. The number of fused-ring (bicyclic) bond motifs is 1. The molecule has 1 aromatic heterocycles. The zero-order chi connectivity index (χ0) is 17.4. The molecule has 2 amide bonds. The van der Waals surface area contributed by atoms with E-state index in [0.717, 1.165) is 23.4 Å². The summed E-state index contributed by atoms with van der Waals surface area (Å²) >= 11 is 1.45. The quantitative estimate of drug-likeness (QED) is 0.920. The number of aromatic nitrogens is 1. The largest absolute Gasteiger partial charge is 0.333 e. The van der Waals surface area contributed by atoms with Crippen LogP contribution in [0.15, 0.2) is 24.3 Å². The van der Waals surface area contributed by atoms with Gasteiger partial charge < -0.3 is 10.2 Å². The molecule has 1 aliphatic carbocycles. The zero-order valence-electron chi connectivity index (χ0n) is 13.5. The molecule has 2 aliphatic rings. The van der Waals surface area contributed by atoms with Crippen LogP contribution in [0, 0.1) is 17.2 Å². The predicted octanol–water partition coefficient (Wildman–Crippen LogP) is 2.56. The lowest BCUT2D eigenvalue weighted by Crippen LogP contribution is -2.35. The number of hydrogen-bond donors (Lipinski definition) is 1. The van der Waals surface area contributed by atoms with Gasteiger partial charge in [0.25, 0.3) is 5.91 Å². The van der Waals surface area contributed by atoms with Gasteiger partial charge in [0, 0.05) is 29.3 Å². The first-order valence-corrected chi connectivity index (χ1v) is 9.04. The van der Waals surface area contributed by atoms with Crippen molar-refractivity contribution in [3.63, 3.8) is 0 Å². The van der Waals surface area contributed by atoms with E-state index < -0.39 is 0 Å². The maximum Gasteiger partial charge on any atom is 0.254 e. The summed E-state index contributed by atoms with van der Waals surface area (Å²) in [6.07, 6.45) is 2.61. The maximum atomic E-state index is 12.6. The van der Waals surface area contributed by atoms with Gasteiger partial charge in [0.2, 0.25) is 5.91 Å². The molecule has 0 unspecified atom stereocenters. The number of nitrogens with one attached hydrogen (secondary N) is 1. The van der Waals surface area contributed by atoms with Crippen molar-refractivity contribution < 1.29 is 9.59 Å². The summed E-state index contributed by atoms with van der Waals surface area (Å²) in [5, 5.41) is 12.4. The molecule has 0 spiro atoms. The second-order valence-electron chi connectivity index (χ2n) is 6.32. The van der Waals surface area contributed by atoms with Crippen molar-refractivity contribution in [3.05, 3.63) is 46.0 Å². The highest BCUT2D eigenvalue weighted by Crippen LogP contribution is 2.33. The van der Waals surface area contributed by atoms with E-state index in [-0.39, 0.29) is 17.7 Å². The maximum absolute atomic E-state index is 12.6. The van der Waals surface area contributed by atoms with Crippen LogP contribution in [0.2, 0.25) is 0 Å². The monoisotopic (exact) mass is 352 g/mol. The predicted molar refractivity (Wildman–Crippen MR) is 93.1 cm³/mol. The van der Waals surface area contributed by atoms with Gasteiger partial charge in [0.1, 0.15) is 0 Å². The number of hydrogen-bond acceptors (Lipinski definition) is 5. The topological polar surface area (TPSA) is 86.1 Å². The molecule has 0 radical (unpaired) electrons. The van der Waals surface area contributed by atoms with Crippen molar-refractivity contribution in [2.45, 2.75) is 25.8 Å². The molecule has 7 heteroatoms. The van der Waals surface area contributed by atoms with Gasteiger partial charge in [0.05, 0.1) is 23.9 Å². The van der Waals surface area contributed by atoms with Crippen LogP contribution in [-0.2, 0) is 17.8 Å². The van der Waals surface area contributed by atoms with Crippen LogP contribution in [0.5, 0.6) is 0 Å². The summed E-state index contributed by atoms with van der Waals surface area (Å²) in [5.74, 6) is 0.152. The molecule has 1 aliphatic heterocycles. The van der Waals surface area contributed by atoms with E-state index in [0.29, 0.717) is 35.8 Å². The number of nitriles is 1. The summed E-state index contributed by atoms with van der Waals surface area (Å²) in [7, 11) is 0. The van der Waals surface area contributed by atoms with E-state index in [1.165, 1.54) is 11.3 Å². The highest BCUT2D eigenvalue weighted by atomic mass is 32.1. The molecule has 4 rings (SSSR count). The van der Waals surface area contributed by atoms with Gasteiger partial charge in [-0.2, -0.15) is 5.26 Å². The number of nitrogens with zero attached hydrogens (tertiary/aromatic N) is 3. The Kier molecular flexibility index (Phi) is 3.98. The van der Waals surface area contributed by atoms with Gasteiger partial charge >= 0.3 is 0 Å². The van der Waals surface area contributed by atoms with Crippen molar-refractivity contribution >= 4 is 28.3 Å². The summed E-state index contributed by atoms with van der Waals surface area (Å²) in [6.45, 7) is 1.11. The molecule has 0 bridgehead atoms. The summed E-state index contributed by atoms with van der Waals surface area (Å²) in [4.78, 5) is 31.8. The molecule has 1 N–H and O–H groups in total. The third-order valence-corrected chi connectivity index (χ3v) is 5.46. The summed E-state index contributed by atoms with van der Waals surface area (Å²) in [5.41, 5.74) is 2.09. The molecule has 2 heterocycles. The van der Waals surface area contributed by atoms with E-state index >= 15 is 0 Å². The Hall–Kier alpha value is -2.72. The lowest BCUT2D eigenvalue weighted by Gasteiger charge is -2.26. The van der Waals surface area contributed by atoms with Crippen molar-refractivity contribution in [2.75, 3.05) is 11.9 Å². The van der Waals surface area contributed by atoms with Gasteiger partial charge in [-0.1, -0.05) is 11.3 Å². The van der Waals surface area contributed by atoms with Crippen LogP contribution in [0.25, 0.3) is 0 Å². The fourth-order valence-corrected chi connectivity index (χ4v) is 3.87. The average molecular weight is 352 g/mol. The Morgan fingerprint density at radius 3 is 2.72 bits per heavy atom. The average Bonchev–Trinajstić information content (AvgIpc) is 3.41. The minimum absolute atomic E-state index is 0.0490. The SMILES string of the molecule is N#Cc1ccc(C(=O)N2CCc3nc(NC(=O)C4CC4)sc3C2)cc1. The van der Waals surface area contributed by atoms with Crippen LogP contribution < -0.4 is 5.32 Å². The molecule has 25 heavy (non-hydrogen) atoms. The fraction of sp³-hybridized carbons (Fsp3) is 0.333. The Balaban J connectivity index is 1.46. The molecule has 126 valence electrons. The molecule has 1 fully saturated rings. The smallest absolute Gasteiger partial charge is 0.254 e. The molecule has 1 saturated carbocycles. The minimum Gasteiger partial charge on any atom is -0.333 e. The van der Waals surface area contributed by atoms with Crippen LogP contribution in [0.4, 0.5) is 5.13 Å². The van der Waals surface area contributed by atoms with Gasteiger partial charge in [-0.15, -0.1) is 0 Å². The lowest BCUT2D eigenvalue weighted by atomic mass is 10.1. The zero-order valence-corrected chi connectivity index (χ0v) is 14.3. The number of thiazole rings is 1. The van der Waals surface area contributed by atoms with Gasteiger partial charge in [-0.3, -0.25) is 9.59 Å². The molecule has 1 aromatic carbocycles. The first-order chi connectivity index (χ1) is 12.1. The van der Waals surface area contributed by atoms with E-state index in [4.69, 9.17) is 5.26 Å². The first-order valence-electron chi connectivity index (χ1n) is 8.23. The van der Waals surface area contributed by atoms with E-state index in [9.17, 15) is 9.59 Å². The number of carbonyl (C=O) groups excluding carboxylic acids is 2. The van der Waals surface area contributed by atoms with E-state index in [2.05, 4.69) is 16.4 Å². The molecule has 6 nitrogen and oxygen atoms in total. The normalized spacial score (nSPS) is 16.0. The van der Waals surface area contributed by atoms with E-state index in [1.54, 1.807) is 29.2 Å². The van der Waals surface area contributed by atoms with Crippen LogP contribution in [0.3, 0.4) is 0 Å². The number of anilines is 1. The van der Waals surface area contributed by atoms with Crippen molar-refractivity contribution in [1.82, 2.24) is 9.88 Å². The van der Waals surface area contributed by atoms with Crippen LogP contribution >= 0.6 is 11.3 Å².